The van der Waals surface area contributed by atoms with Gasteiger partial charge in [-0.3, -0.25) is 0 Å². The van der Waals surface area contributed by atoms with Gasteiger partial charge in [-0.05, 0) is 25.0 Å². The summed E-state index contributed by atoms with van der Waals surface area (Å²) in [5.74, 6) is 0. The number of hydrogen-bond acceptors (Lipinski definition) is 0. The van der Waals surface area contributed by atoms with E-state index in [1.165, 1.54) is 66.1 Å². The maximum absolute atomic E-state index is 4.93. The molecule has 0 bridgehead atoms. The van der Waals surface area contributed by atoms with Crippen molar-refractivity contribution >= 4 is 101 Å². The standard InChI is InChI=1S/2C23H31Si2.C2H6Si.2ClH.Zr/c2*1-16-11-18-10-9-17(2)23(22(18)12-16)19-13-20(24(3,4)5)15-21(14-19)25(6,7)8;1-3-2;;;/h2*9-15H,1-8H3;1-2H3;2*1H;/q2*-1;;;;+4/p-2. The van der Waals surface area contributed by atoms with E-state index in [4.69, 9.17) is 17.0 Å². The molecule has 0 aromatic heterocycles. The van der Waals surface area contributed by atoms with Crippen molar-refractivity contribution in [2.24, 2.45) is 0 Å². The first-order valence-electron chi connectivity index (χ1n) is 20.0. The first-order chi connectivity index (χ1) is 25.8. The summed E-state index contributed by atoms with van der Waals surface area (Å²) in [6.07, 6.45) is 0. The Hall–Kier alpha value is -1.35. The SMILES string of the molecule is C[Si]C.Cc1cc2c(-c3cc([Si](C)(C)C)cc([Si](C)(C)C)c3)c(C)ccc2[cH-]1.Cc1cc2c(-c3cc([Si](C)(C)C)cc([Si](C)(C)C)c3)c(C)ccc2[cH-]1.[Cl][Zr+2][Cl]. The van der Waals surface area contributed by atoms with Crippen LogP contribution in [0.2, 0.25) is 91.7 Å². The average Bonchev–Trinajstić information content (AvgIpc) is 3.64. The first kappa shape index (κ1) is 49.0. The van der Waals surface area contributed by atoms with Gasteiger partial charge in [0.2, 0.25) is 0 Å². The molecule has 0 aliphatic carbocycles. The fraction of sp³-hybridized carbons (Fsp3) is 0.375. The van der Waals surface area contributed by atoms with Crippen molar-refractivity contribution in [3.63, 3.8) is 0 Å². The van der Waals surface area contributed by atoms with E-state index in [-0.39, 0.29) is 0 Å². The zero-order valence-electron chi connectivity index (χ0n) is 37.8. The van der Waals surface area contributed by atoms with Crippen LogP contribution < -0.4 is 20.7 Å². The minimum atomic E-state index is -1.37. The summed E-state index contributed by atoms with van der Waals surface area (Å²) < 4.78 is 0. The first-order valence-corrected chi connectivity index (χ1v) is 42.3. The molecular formula is C48H68Cl2Si5Zr. The minimum absolute atomic E-state index is 0.826. The molecule has 56 heavy (non-hydrogen) atoms. The summed E-state index contributed by atoms with van der Waals surface area (Å²) in [5.41, 5.74) is 11.2. The van der Waals surface area contributed by atoms with E-state index in [9.17, 15) is 0 Å². The number of benzene rings is 4. The molecule has 0 aliphatic heterocycles. The molecule has 298 valence electrons. The second-order valence-corrected chi connectivity index (χ2v) is 44.8. The summed E-state index contributed by atoms with van der Waals surface area (Å²) in [6.45, 7) is 42.7. The molecule has 6 rings (SSSR count). The third kappa shape index (κ3) is 12.8. The molecular weight excluding hydrogens is 879 g/mol. The van der Waals surface area contributed by atoms with Gasteiger partial charge in [0.15, 0.2) is 0 Å². The van der Waals surface area contributed by atoms with Gasteiger partial charge in [-0.15, -0.1) is 69.1 Å². The molecule has 6 aromatic carbocycles. The van der Waals surface area contributed by atoms with Crippen LogP contribution in [-0.4, -0.2) is 41.8 Å². The topological polar surface area (TPSA) is 0 Å². The molecule has 0 heterocycles. The van der Waals surface area contributed by atoms with Gasteiger partial charge >= 0.3 is 37.9 Å². The third-order valence-electron chi connectivity index (χ3n) is 10.4. The molecule has 0 spiro atoms. The normalized spacial score (nSPS) is 11.9. The molecule has 0 saturated carbocycles. The Morgan fingerprint density at radius 1 is 0.446 bits per heavy atom. The quantitative estimate of drug-likeness (QED) is 0.115. The van der Waals surface area contributed by atoms with Crippen molar-refractivity contribution in [1.29, 1.82) is 0 Å². The van der Waals surface area contributed by atoms with Gasteiger partial charge in [-0.2, -0.15) is 12.1 Å². The predicted molar refractivity (Wildman–Crippen MR) is 270 cm³/mol. The van der Waals surface area contributed by atoms with Crippen molar-refractivity contribution in [2.45, 2.75) is 119 Å². The number of hydrogen-bond donors (Lipinski definition) is 0. The summed E-state index contributed by atoms with van der Waals surface area (Å²) in [6, 6.07) is 33.4. The Labute approximate surface area is 367 Å². The summed E-state index contributed by atoms with van der Waals surface area (Å²) in [4.78, 5) is 0. The Kier molecular flexibility index (Phi) is 17.3. The maximum atomic E-state index is 4.93. The fourth-order valence-corrected chi connectivity index (χ4v) is 12.1. The summed E-state index contributed by atoms with van der Waals surface area (Å²) >= 11 is -0.826. The van der Waals surface area contributed by atoms with E-state index in [0.29, 0.717) is 0 Å². The number of rotatable bonds is 6. The van der Waals surface area contributed by atoms with Gasteiger partial charge in [-0.1, -0.05) is 185 Å². The van der Waals surface area contributed by atoms with Crippen molar-refractivity contribution < 1.29 is 20.8 Å². The zero-order chi connectivity index (χ0) is 42.6. The van der Waals surface area contributed by atoms with Gasteiger partial charge in [0.1, 0.15) is 0 Å². The van der Waals surface area contributed by atoms with E-state index < -0.39 is 53.1 Å². The molecule has 0 saturated heterocycles. The van der Waals surface area contributed by atoms with Crippen molar-refractivity contribution in [1.82, 2.24) is 0 Å². The van der Waals surface area contributed by atoms with Crippen LogP contribution in [0.3, 0.4) is 0 Å². The van der Waals surface area contributed by atoms with Gasteiger partial charge in [0.05, 0.1) is 32.3 Å². The van der Waals surface area contributed by atoms with Crippen LogP contribution in [0.4, 0.5) is 0 Å². The second kappa shape index (κ2) is 19.8. The van der Waals surface area contributed by atoms with E-state index in [1.54, 1.807) is 20.7 Å². The Bertz CT molecular complexity index is 2010. The van der Waals surface area contributed by atoms with Crippen molar-refractivity contribution in [3.05, 3.63) is 107 Å². The van der Waals surface area contributed by atoms with Crippen LogP contribution in [0.5, 0.6) is 0 Å². The van der Waals surface area contributed by atoms with Gasteiger partial charge in [0.25, 0.3) is 0 Å². The molecule has 0 N–H and O–H groups in total. The van der Waals surface area contributed by atoms with Crippen LogP contribution in [0.25, 0.3) is 43.8 Å². The number of fused-ring (bicyclic) bond motifs is 2. The molecule has 0 unspecified atom stereocenters. The van der Waals surface area contributed by atoms with Crippen molar-refractivity contribution in [3.8, 4) is 22.3 Å². The zero-order valence-corrected chi connectivity index (χ0v) is 46.8. The molecule has 0 atom stereocenters. The third-order valence-corrected chi connectivity index (χ3v) is 18.5. The number of aryl methyl sites for hydroxylation is 4. The Morgan fingerprint density at radius 3 is 0.929 bits per heavy atom. The average molecular weight is 948 g/mol. The Balaban J connectivity index is 0.000000264. The van der Waals surface area contributed by atoms with Crippen LogP contribution in [0.15, 0.2) is 84.9 Å². The van der Waals surface area contributed by atoms with Gasteiger partial charge in [-0.25, -0.2) is 0 Å². The van der Waals surface area contributed by atoms with E-state index in [2.05, 4.69) is 204 Å². The van der Waals surface area contributed by atoms with Crippen molar-refractivity contribution in [2.75, 3.05) is 0 Å². The van der Waals surface area contributed by atoms with E-state index in [0.717, 1.165) is 9.52 Å². The van der Waals surface area contributed by atoms with Gasteiger partial charge < -0.3 is 0 Å². The Morgan fingerprint density at radius 2 is 0.696 bits per heavy atom. The van der Waals surface area contributed by atoms with E-state index >= 15 is 0 Å². The van der Waals surface area contributed by atoms with Gasteiger partial charge in [0, 0.05) is 9.52 Å². The number of halogens is 2. The molecule has 0 fully saturated rings. The molecule has 2 radical (unpaired) electrons. The fourth-order valence-electron chi connectivity index (χ4n) is 7.12. The van der Waals surface area contributed by atoms with Crippen LogP contribution in [0, 0.1) is 27.7 Å². The van der Waals surface area contributed by atoms with E-state index in [1.807, 2.05) is 0 Å². The molecule has 8 heteroatoms. The molecule has 0 nitrogen and oxygen atoms in total. The van der Waals surface area contributed by atoms with Crippen LogP contribution in [0.1, 0.15) is 22.3 Å². The molecule has 0 amide bonds. The summed E-state index contributed by atoms with van der Waals surface area (Å²) in [7, 11) is 5.49. The van der Waals surface area contributed by atoms with Crippen LogP contribution in [-0.2, 0) is 20.8 Å². The van der Waals surface area contributed by atoms with Crippen LogP contribution >= 0.6 is 17.0 Å². The second-order valence-electron chi connectivity index (χ2n) is 19.8. The predicted octanol–water partition coefficient (Wildman–Crippen LogP) is 14.0. The summed E-state index contributed by atoms with van der Waals surface area (Å²) in [5, 5.41) is 11.9. The monoisotopic (exact) mass is 944 g/mol. The molecule has 0 aliphatic rings. The molecule has 6 aromatic rings.